The molecule has 1 heterocycles. The fourth-order valence-corrected chi connectivity index (χ4v) is 3.65. The number of halogens is 5. The maximum atomic E-state index is 13.5. The molecule has 0 aliphatic heterocycles. The van der Waals surface area contributed by atoms with Crippen LogP contribution in [0.4, 0.5) is 32.8 Å². The highest BCUT2D eigenvalue weighted by Crippen LogP contribution is 2.38. The number of alkyl halides is 3. The largest absolute Gasteiger partial charge is 0.493 e. The highest BCUT2D eigenvalue weighted by Gasteiger charge is 2.34. The van der Waals surface area contributed by atoms with Gasteiger partial charge in [0.05, 0.1) is 17.9 Å². The van der Waals surface area contributed by atoms with Crippen LogP contribution < -0.4 is 10.1 Å². The van der Waals surface area contributed by atoms with Gasteiger partial charge >= 0.3 is 6.18 Å². The number of benzene rings is 2. The molecule has 1 N–H and O–H groups in total. The van der Waals surface area contributed by atoms with Gasteiger partial charge in [0.25, 0.3) is 0 Å². The molecular weight excluding hydrogens is 435 g/mol. The first kappa shape index (κ1) is 23.0. The Morgan fingerprint density at radius 1 is 1.03 bits per heavy atom. The predicted molar refractivity (Wildman–Crippen MR) is 111 cm³/mol. The number of rotatable bonds is 9. The monoisotopic (exact) mass is 456 g/mol. The molecule has 1 aromatic heterocycles. The van der Waals surface area contributed by atoms with Crippen molar-refractivity contribution in [3.05, 3.63) is 70.2 Å². The lowest BCUT2D eigenvalue weighted by Crippen LogP contribution is -2.10. The first-order chi connectivity index (χ1) is 14.8. The average molecular weight is 456 g/mol. The van der Waals surface area contributed by atoms with Crippen molar-refractivity contribution in [2.75, 3.05) is 11.9 Å². The second kappa shape index (κ2) is 10.1. The van der Waals surface area contributed by atoms with E-state index in [1.165, 1.54) is 29.5 Å². The van der Waals surface area contributed by atoms with Crippen LogP contribution >= 0.6 is 11.3 Å². The summed E-state index contributed by atoms with van der Waals surface area (Å²) in [6.07, 6.45) is -1.76. The molecule has 31 heavy (non-hydrogen) atoms. The summed E-state index contributed by atoms with van der Waals surface area (Å²) >= 11 is 1.21. The van der Waals surface area contributed by atoms with Crippen LogP contribution in [0.15, 0.2) is 41.8 Å². The van der Waals surface area contributed by atoms with Gasteiger partial charge in [0, 0.05) is 17.5 Å². The minimum absolute atomic E-state index is 0.202. The first-order valence-electron chi connectivity index (χ1n) is 9.75. The van der Waals surface area contributed by atoms with Crippen LogP contribution in [-0.4, -0.2) is 11.6 Å². The Kier molecular flexibility index (Phi) is 7.48. The standard InChI is InChI=1S/C22H21F5N2OS/c1-2-3-4-9-30-20-8-6-15(12-17(20)22(25,26)27)28-21-29-16(13-31-21)10-14-5-7-18(23)19(24)11-14/h5-8,11-13H,2-4,9-10H2,1H3,(H,28,29). The van der Waals surface area contributed by atoms with Gasteiger partial charge < -0.3 is 10.1 Å². The number of thiazole rings is 1. The number of nitrogens with one attached hydrogen (secondary N) is 1. The zero-order valence-corrected chi connectivity index (χ0v) is 17.5. The SMILES string of the molecule is CCCCCOc1ccc(Nc2nc(Cc3ccc(F)c(F)c3)cs2)cc1C(F)(F)F. The van der Waals surface area contributed by atoms with E-state index in [2.05, 4.69) is 10.3 Å². The summed E-state index contributed by atoms with van der Waals surface area (Å²) in [6.45, 7) is 2.23. The molecule has 0 radical (unpaired) electrons. The first-order valence-corrected chi connectivity index (χ1v) is 10.6. The molecule has 0 amide bonds. The van der Waals surface area contributed by atoms with Crippen molar-refractivity contribution in [1.29, 1.82) is 0 Å². The topological polar surface area (TPSA) is 34.1 Å². The lowest BCUT2D eigenvalue weighted by atomic mass is 10.1. The highest BCUT2D eigenvalue weighted by atomic mass is 32.1. The van der Waals surface area contributed by atoms with Crippen LogP contribution in [0.25, 0.3) is 0 Å². The zero-order valence-electron chi connectivity index (χ0n) is 16.7. The molecule has 0 aliphatic carbocycles. The Labute approximate surface area is 180 Å². The second-order valence-corrected chi connectivity index (χ2v) is 7.82. The Morgan fingerprint density at radius 3 is 2.55 bits per heavy atom. The summed E-state index contributed by atoms with van der Waals surface area (Å²) in [5.74, 6) is -2.07. The highest BCUT2D eigenvalue weighted by molar-refractivity contribution is 7.13. The Balaban J connectivity index is 1.71. The second-order valence-electron chi connectivity index (χ2n) is 6.96. The molecule has 3 rings (SSSR count). The van der Waals surface area contributed by atoms with Crippen LogP contribution in [0.1, 0.15) is 43.0 Å². The van der Waals surface area contributed by atoms with E-state index in [4.69, 9.17) is 4.74 Å². The third kappa shape index (κ3) is 6.40. The maximum Gasteiger partial charge on any atom is 0.420 e. The maximum absolute atomic E-state index is 13.5. The van der Waals surface area contributed by atoms with Crippen LogP contribution in [0.2, 0.25) is 0 Å². The number of nitrogens with zero attached hydrogens (tertiary/aromatic N) is 1. The summed E-state index contributed by atoms with van der Waals surface area (Å²) < 4.78 is 72.2. The van der Waals surface area contributed by atoms with Crippen molar-refractivity contribution >= 4 is 22.2 Å². The van der Waals surface area contributed by atoms with Gasteiger partial charge in [-0.05, 0) is 42.3 Å². The number of hydrogen-bond donors (Lipinski definition) is 1. The van der Waals surface area contributed by atoms with Crippen molar-refractivity contribution in [3.8, 4) is 5.75 Å². The molecule has 0 unspecified atom stereocenters. The number of anilines is 2. The summed E-state index contributed by atoms with van der Waals surface area (Å²) in [5.41, 5.74) is 0.500. The van der Waals surface area contributed by atoms with Crippen LogP contribution in [-0.2, 0) is 12.6 Å². The minimum atomic E-state index is -4.56. The summed E-state index contributed by atoms with van der Waals surface area (Å²) in [5, 5.41) is 4.96. The molecule has 2 aromatic carbocycles. The van der Waals surface area contributed by atoms with Gasteiger partial charge in [0.2, 0.25) is 0 Å². The van der Waals surface area contributed by atoms with Crippen molar-refractivity contribution in [3.63, 3.8) is 0 Å². The van der Waals surface area contributed by atoms with E-state index in [1.54, 1.807) is 5.38 Å². The molecule has 0 atom stereocenters. The molecule has 0 bridgehead atoms. The fourth-order valence-electron chi connectivity index (χ4n) is 2.92. The van der Waals surface area contributed by atoms with E-state index in [9.17, 15) is 22.0 Å². The van der Waals surface area contributed by atoms with E-state index < -0.39 is 23.4 Å². The average Bonchev–Trinajstić information content (AvgIpc) is 3.15. The lowest BCUT2D eigenvalue weighted by Gasteiger charge is -2.15. The third-order valence-corrected chi connectivity index (χ3v) is 5.27. The third-order valence-electron chi connectivity index (χ3n) is 4.46. The van der Waals surface area contributed by atoms with Crippen molar-refractivity contribution in [2.24, 2.45) is 0 Å². The van der Waals surface area contributed by atoms with Crippen LogP contribution in [0, 0.1) is 11.6 Å². The quantitative estimate of drug-likeness (QED) is 0.270. The van der Waals surface area contributed by atoms with Gasteiger partial charge in [-0.15, -0.1) is 11.3 Å². The van der Waals surface area contributed by atoms with E-state index >= 15 is 0 Å². The van der Waals surface area contributed by atoms with E-state index in [0.29, 0.717) is 22.8 Å². The summed E-state index contributed by atoms with van der Waals surface area (Å²) in [7, 11) is 0. The van der Waals surface area contributed by atoms with E-state index in [0.717, 1.165) is 31.0 Å². The Bertz CT molecular complexity index is 1020. The van der Waals surface area contributed by atoms with Gasteiger partial charge in [-0.2, -0.15) is 13.2 Å². The molecular formula is C22H21F5N2OS. The molecule has 0 spiro atoms. The molecule has 9 heteroatoms. The van der Waals surface area contributed by atoms with E-state index in [-0.39, 0.29) is 24.5 Å². The summed E-state index contributed by atoms with van der Waals surface area (Å²) in [4.78, 5) is 4.32. The molecule has 0 aliphatic rings. The van der Waals surface area contributed by atoms with Crippen molar-refractivity contribution < 1.29 is 26.7 Å². The van der Waals surface area contributed by atoms with Gasteiger partial charge in [0.15, 0.2) is 16.8 Å². The van der Waals surface area contributed by atoms with Gasteiger partial charge in [-0.25, -0.2) is 13.8 Å². The van der Waals surface area contributed by atoms with Crippen LogP contribution in [0.3, 0.4) is 0 Å². The molecule has 3 aromatic rings. The van der Waals surface area contributed by atoms with Gasteiger partial charge in [-0.1, -0.05) is 25.8 Å². The number of ether oxygens (including phenoxy) is 1. The van der Waals surface area contributed by atoms with Crippen molar-refractivity contribution in [1.82, 2.24) is 4.98 Å². The van der Waals surface area contributed by atoms with Gasteiger partial charge in [-0.3, -0.25) is 0 Å². The lowest BCUT2D eigenvalue weighted by molar-refractivity contribution is -0.138. The fraction of sp³-hybridized carbons (Fsp3) is 0.318. The van der Waals surface area contributed by atoms with E-state index in [1.807, 2.05) is 6.92 Å². The van der Waals surface area contributed by atoms with Crippen LogP contribution in [0.5, 0.6) is 5.75 Å². The number of aromatic nitrogens is 1. The molecule has 3 nitrogen and oxygen atoms in total. The summed E-state index contributed by atoms with van der Waals surface area (Å²) in [6, 6.07) is 7.39. The zero-order chi connectivity index (χ0) is 22.4. The molecule has 0 fully saturated rings. The Hall–Kier alpha value is -2.68. The van der Waals surface area contributed by atoms with Gasteiger partial charge in [0.1, 0.15) is 5.75 Å². The molecule has 0 saturated carbocycles. The minimum Gasteiger partial charge on any atom is -0.493 e. The predicted octanol–water partition coefficient (Wildman–Crippen LogP) is 7.34. The molecule has 166 valence electrons. The van der Waals surface area contributed by atoms with Crippen molar-refractivity contribution in [2.45, 2.75) is 38.8 Å². The smallest absolute Gasteiger partial charge is 0.420 e. The number of unbranched alkanes of at least 4 members (excludes halogenated alkanes) is 2. The molecule has 0 saturated heterocycles. The normalized spacial score (nSPS) is 11.5. The Morgan fingerprint density at radius 2 is 1.84 bits per heavy atom. The number of hydrogen-bond acceptors (Lipinski definition) is 4.